The molecule has 5 rings (SSSR count). The zero-order valence-electron chi connectivity index (χ0n) is 21.5. The van der Waals surface area contributed by atoms with Gasteiger partial charge in [0.2, 0.25) is 5.78 Å². The first-order chi connectivity index (χ1) is 15.3. The molecule has 1 saturated heterocycles. The Morgan fingerprint density at radius 3 is 2.45 bits per heavy atom. The summed E-state index contributed by atoms with van der Waals surface area (Å²) in [6, 6.07) is 0. The fourth-order valence-corrected chi connectivity index (χ4v) is 8.56. The van der Waals surface area contributed by atoms with E-state index in [1.54, 1.807) is 6.08 Å². The van der Waals surface area contributed by atoms with Crippen LogP contribution in [0.3, 0.4) is 0 Å². The number of methoxy groups -OCH3 is 2. The molecule has 0 radical (unpaired) electrons. The van der Waals surface area contributed by atoms with Crippen molar-refractivity contribution < 1.29 is 23.4 Å². The Kier molecular flexibility index (Phi) is 5.03. The first-order valence-electron chi connectivity index (χ1n) is 12.5. The van der Waals surface area contributed by atoms with Crippen molar-refractivity contribution in [1.29, 1.82) is 0 Å². The Morgan fingerprint density at radius 2 is 1.82 bits per heavy atom. The van der Waals surface area contributed by atoms with Crippen molar-refractivity contribution in [2.24, 2.45) is 11.3 Å². The summed E-state index contributed by atoms with van der Waals surface area (Å²) in [6.45, 7) is 14.1. The van der Waals surface area contributed by atoms with E-state index in [1.165, 1.54) is 19.8 Å². The van der Waals surface area contributed by atoms with Crippen LogP contribution in [0, 0.1) is 11.3 Å². The van der Waals surface area contributed by atoms with Crippen LogP contribution >= 0.6 is 0 Å². The minimum Gasteiger partial charge on any atom is -0.413 e. The van der Waals surface area contributed by atoms with Crippen LogP contribution in [0.15, 0.2) is 35.5 Å². The van der Waals surface area contributed by atoms with Gasteiger partial charge in [-0.2, -0.15) is 0 Å². The summed E-state index contributed by atoms with van der Waals surface area (Å²) in [5, 5.41) is 0.189. The minimum absolute atomic E-state index is 0.0453. The second-order valence-electron chi connectivity index (χ2n) is 12.5. The molecule has 0 amide bonds. The normalized spacial score (nSPS) is 41.3. The van der Waals surface area contributed by atoms with Gasteiger partial charge in [-0.25, -0.2) is 0 Å². The zero-order chi connectivity index (χ0) is 24.1. The lowest BCUT2D eigenvalue weighted by Gasteiger charge is -2.55. The second kappa shape index (κ2) is 7.00. The van der Waals surface area contributed by atoms with Crippen molar-refractivity contribution in [2.45, 2.75) is 101 Å². The van der Waals surface area contributed by atoms with Crippen molar-refractivity contribution >= 4 is 14.1 Å². The molecule has 0 N–H and O–H groups in total. The van der Waals surface area contributed by atoms with Crippen molar-refractivity contribution in [3.8, 4) is 0 Å². The van der Waals surface area contributed by atoms with E-state index < -0.39 is 19.7 Å². The smallest absolute Gasteiger partial charge is 0.259 e. The molecule has 0 aromatic rings. The monoisotopic (exact) mass is 472 g/mol. The number of rotatable bonds is 4. The number of ether oxygens (including phenoxy) is 3. The third-order valence-corrected chi connectivity index (χ3v) is 14.5. The lowest BCUT2D eigenvalue weighted by atomic mass is 9.60. The molecule has 0 aromatic heterocycles. The molecule has 0 unspecified atom stereocenters. The summed E-state index contributed by atoms with van der Waals surface area (Å²) in [7, 11) is 1.20. The van der Waals surface area contributed by atoms with Crippen LogP contribution < -0.4 is 0 Å². The van der Waals surface area contributed by atoms with Gasteiger partial charge >= 0.3 is 0 Å². The lowest BCUT2D eigenvalue weighted by Crippen LogP contribution is -2.60. The van der Waals surface area contributed by atoms with Crippen LogP contribution in [-0.4, -0.2) is 51.4 Å². The molecular weight excluding hydrogens is 432 g/mol. The van der Waals surface area contributed by atoms with E-state index in [-0.39, 0.29) is 27.9 Å². The van der Waals surface area contributed by atoms with Crippen molar-refractivity contribution in [2.75, 3.05) is 14.2 Å². The van der Waals surface area contributed by atoms with Crippen molar-refractivity contribution in [1.82, 2.24) is 0 Å². The van der Waals surface area contributed by atoms with Gasteiger partial charge in [-0.3, -0.25) is 4.79 Å². The number of fused-ring (bicyclic) bond motifs is 1. The van der Waals surface area contributed by atoms with Crippen LogP contribution in [0.5, 0.6) is 0 Å². The van der Waals surface area contributed by atoms with Gasteiger partial charge in [0.15, 0.2) is 8.32 Å². The molecule has 0 aromatic carbocycles. The summed E-state index contributed by atoms with van der Waals surface area (Å²) in [6.07, 6.45) is 13.2. The van der Waals surface area contributed by atoms with E-state index in [9.17, 15) is 4.79 Å². The highest BCUT2D eigenvalue weighted by Crippen LogP contribution is 2.67. The average Bonchev–Trinajstić information content (AvgIpc) is 3.24. The Morgan fingerprint density at radius 1 is 1.12 bits per heavy atom. The molecule has 2 fully saturated rings. The standard InChI is InChI=1S/C27H40O5Si/c1-23(2,3)33(7,8)31-22-10-9-19-24(22,4)13-11-18-17-20-25(15-16-26(18,19)32-25)14-12-21(28)27(20,29-5)30-6/h11-12,14,17,19,22H,9-10,13,15-16H2,1-8H3/t19-,22+,24+,25+,26-/m1/s1. The van der Waals surface area contributed by atoms with Gasteiger partial charge in [0, 0.05) is 31.1 Å². The number of carbonyl (C=O) groups excluding carboxylic acids is 1. The number of carbonyl (C=O) groups is 1. The Balaban J connectivity index is 1.56. The topological polar surface area (TPSA) is 54.0 Å². The maximum atomic E-state index is 12.9. The summed E-state index contributed by atoms with van der Waals surface area (Å²) in [4.78, 5) is 12.9. The number of allylic oxidation sites excluding steroid dienone is 1. The summed E-state index contributed by atoms with van der Waals surface area (Å²) in [5.74, 6) is -1.20. The summed E-state index contributed by atoms with van der Waals surface area (Å²) < 4.78 is 25.6. The molecule has 1 saturated carbocycles. The average molecular weight is 473 g/mol. The quantitative estimate of drug-likeness (QED) is 0.401. The molecule has 2 spiro atoms. The second-order valence-corrected chi connectivity index (χ2v) is 17.3. The maximum Gasteiger partial charge on any atom is 0.259 e. The minimum atomic E-state index is -1.88. The fraction of sp³-hybridized carbons (Fsp3) is 0.741. The van der Waals surface area contributed by atoms with E-state index in [2.05, 4.69) is 52.9 Å². The predicted molar refractivity (Wildman–Crippen MR) is 130 cm³/mol. The first-order valence-corrected chi connectivity index (χ1v) is 15.4. The van der Waals surface area contributed by atoms with Gasteiger partial charge in [-0.05, 0) is 74.0 Å². The van der Waals surface area contributed by atoms with Gasteiger partial charge in [-0.1, -0.05) is 33.8 Å². The van der Waals surface area contributed by atoms with Crippen LogP contribution in [0.1, 0.15) is 59.8 Å². The SMILES string of the molecule is COC1(OC)C(=O)C=C[C@@]23CC[C@@]4(O2)C(=CC[C@]2(C)[C@@H](O[Si](C)(C)C(C)(C)C)CC[C@H]24)C=C13. The highest BCUT2D eigenvalue weighted by Gasteiger charge is 2.69. The molecule has 3 aliphatic carbocycles. The van der Waals surface area contributed by atoms with E-state index in [1.807, 2.05) is 6.08 Å². The van der Waals surface area contributed by atoms with E-state index >= 15 is 0 Å². The first kappa shape index (κ1) is 23.7. The Bertz CT molecular complexity index is 967. The molecule has 182 valence electrons. The van der Waals surface area contributed by atoms with Gasteiger partial charge in [-0.15, -0.1) is 0 Å². The van der Waals surface area contributed by atoms with Crippen molar-refractivity contribution in [3.05, 3.63) is 35.5 Å². The lowest BCUT2D eigenvalue weighted by molar-refractivity contribution is -0.205. The Hall–Kier alpha value is -1.05. The molecule has 6 heteroatoms. The van der Waals surface area contributed by atoms with Crippen LogP contribution in [-0.2, 0) is 23.4 Å². The summed E-state index contributed by atoms with van der Waals surface area (Å²) >= 11 is 0. The predicted octanol–water partition coefficient (Wildman–Crippen LogP) is 5.48. The number of ketones is 1. The fourth-order valence-electron chi connectivity index (χ4n) is 7.10. The van der Waals surface area contributed by atoms with E-state index in [0.717, 1.165) is 37.7 Å². The zero-order valence-corrected chi connectivity index (χ0v) is 22.5. The number of hydrogen-bond donors (Lipinski definition) is 0. The van der Waals surface area contributed by atoms with Crippen LogP contribution in [0.25, 0.3) is 0 Å². The van der Waals surface area contributed by atoms with Gasteiger partial charge in [0.1, 0.15) is 5.60 Å². The van der Waals surface area contributed by atoms with E-state index in [4.69, 9.17) is 18.6 Å². The maximum absolute atomic E-state index is 12.9. The van der Waals surface area contributed by atoms with Crippen molar-refractivity contribution in [3.63, 3.8) is 0 Å². The molecule has 2 aliphatic heterocycles. The molecule has 2 bridgehead atoms. The molecule has 33 heavy (non-hydrogen) atoms. The molecular formula is C27H40O5Si. The molecule has 5 nitrogen and oxygen atoms in total. The number of hydrogen-bond acceptors (Lipinski definition) is 5. The summed E-state index contributed by atoms with van der Waals surface area (Å²) in [5.41, 5.74) is 1.06. The van der Waals surface area contributed by atoms with E-state index in [0.29, 0.717) is 5.92 Å². The Labute approximate surface area is 199 Å². The molecule has 2 heterocycles. The largest absolute Gasteiger partial charge is 0.413 e. The highest BCUT2D eigenvalue weighted by atomic mass is 28.4. The molecule has 5 atom stereocenters. The van der Waals surface area contributed by atoms with Gasteiger partial charge < -0.3 is 18.6 Å². The molecule has 5 aliphatic rings. The van der Waals surface area contributed by atoms with Crippen LogP contribution in [0.2, 0.25) is 18.1 Å². The third kappa shape index (κ3) is 2.88. The highest BCUT2D eigenvalue weighted by molar-refractivity contribution is 6.74. The van der Waals surface area contributed by atoms with Crippen LogP contribution in [0.4, 0.5) is 0 Å². The van der Waals surface area contributed by atoms with Gasteiger partial charge in [0.05, 0.1) is 11.7 Å². The van der Waals surface area contributed by atoms with Gasteiger partial charge in [0.25, 0.3) is 5.79 Å². The third-order valence-electron chi connectivity index (χ3n) is 10.1.